The van der Waals surface area contributed by atoms with E-state index in [0.29, 0.717) is 23.4 Å². The number of hydrogen-bond acceptors (Lipinski definition) is 2. The van der Waals surface area contributed by atoms with Crippen LogP contribution in [0.15, 0.2) is 24.3 Å². The summed E-state index contributed by atoms with van der Waals surface area (Å²) in [6.07, 6.45) is 8.61. The lowest BCUT2D eigenvalue weighted by atomic mass is 9.51. The number of hydrogen-bond donors (Lipinski definition) is 2. The van der Waals surface area contributed by atoms with Crippen LogP contribution >= 0.6 is 0 Å². The Balaban J connectivity index is 1.24. The second-order valence-corrected chi connectivity index (χ2v) is 8.77. The van der Waals surface area contributed by atoms with Crippen molar-refractivity contribution in [1.82, 2.24) is 5.32 Å². The van der Waals surface area contributed by atoms with Crippen LogP contribution in [0, 0.1) is 29.6 Å². The Kier molecular flexibility index (Phi) is 3.61. The highest BCUT2D eigenvalue weighted by atomic mass is 16.2. The standard InChI is InChI=1S/C21H26N2O2/c24-20(22-18-5-6-18)14-1-3-17(4-2-14)23-21(25)19-15-8-12-7-13(10-15)11-16(19)9-12/h1-4,12-13,15-16,18-19H,5-11H2,(H,22,24)(H,23,25). The number of rotatable bonds is 4. The summed E-state index contributed by atoms with van der Waals surface area (Å²) in [5.74, 6) is 3.35. The summed E-state index contributed by atoms with van der Waals surface area (Å²) < 4.78 is 0. The maximum Gasteiger partial charge on any atom is 0.251 e. The van der Waals surface area contributed by atoms with Gasteiger partial charge in [0.2, 0.25) is 5.91 Å². The molecule has 0 atom stereocenters. The number of carbonyl (C=O) groups is 2. The Labute approximate surface area is 148 Å². The Bertz CT molecular complexity index is 664. The summed E-state index contributed by atoms with van der Waals surface area (Å²) in [5, 5.41) is 6.11. The lowest BCUT2D eigenvalue weighted by molar-refractivity contribution is -0.132. The van der Waals surface area contributed by atoms with Crippen LogP contribution in [-0.2, 0) is 4.79 Å². The zero-order valence-corrected chi connectivity index (χ0v) is 14.5. The molecule has 0 heterocycles. The molecule has 6 rings (SSSR count). The summed E-state index contributed by atoms with van der Waals surface area (Å²) in [7, 11) is 0. The number of amides is 2. The van der Waals surface area contributed by atoms with Crippen molar-refractivity contribution >= 4 is 17.5 Å². The second-order valence-electron chi connectivity index (χ2n) is 8.77. The lowest BCUT2D eigenvalue weighted by Crippen LogP contribution is -2.49. The fraction of sp³-hybridized carbons (Fsp3) is 0.619. The van der Waals surface area contributed by atoms with Gasteiger partial charge < -0.3 is 10.6 Å². The lowest BCUT2D eigenvalue weighted by Gasteiger charge is -2.53. The SMILES string of the molecule is O=C(NC1CC1)c1ccc(NC(=O)C2C3CC4CC(C3)CC2C4)cc1. The van der Waals surface area contributed by atoms with Crippen molar-refractivity contribution in [3.05, 3.63) is 29.8 Å². The summed E-state index contributed by atoms with van der Waals surface area (Å²) in [4.78, 5) is 24.9. The third-order valence-corrected chi connectivity index (χ3v) is 6.86. The van der Waals surface area contributed by atoms with Crippen LogP contribution in [0.1, 0.15) is 55.3 Å². The van der Waals surface area contributed by atoms with Crippen molar-refractivity contribution in [3.8, 4) is 0 Å². The third-order valence-electron chi connectivity index (χ3n) is 6.86. The fourth-order valence-corrected chi connectivity index (χ4v) is 5.78. The van der Waals surface area contributed by atoms with Crippen LogP contribution in [0.3, 0.4) is 0 Å². The van der Waals surface area contributed by atoms with E-state index >= 15 is 0 Å². The minimum atomic E-state index is -0.0126. The van der Waals surface area contributed by atoms with E-state index in [9.17, 15) is 9.59 Å². The molecule has 5 aliphatic carbocycles. The highest BCUT2D eigenvalue weighted by Crippen LogP contribution is 2.56. The molecule has 0 saturated heterocycles. The molecule has 0 spiro atoms. The van der Waals surface area contributed by atoms with E-state index in [0.717, 1.165) is 30.4 Å². The first-order valence-corrected chi connectivity index (χ1v) is 9.87. The molecule has 5 saturated carbocycles. The highest BCUT2D eigenvalue weighted by Gasteiger charge is 2.50. The third kappa shape index (κ3) is 2.96. The van der Waals surface area contributed by atoms with Crippen LogP contribution in [-0.4, -0.2) is 17.9 Å². The van der Waals surface area contributed by atoms with E-state index in [4.69, 9.17) is 0 Å². The Morgan fingerprint density at radius 1 is 0.840 bits per heavy atom. The zero-order chi connectivity index (χ0) is 17.0. The van der Waals surface area contributed by atoms with Gasteiger partial charge in [-0.25, -0.2) is 0 Å². The predicted octanol–water partition coefficient (Wildman–Crippen LogP) is 3.59. The molecule has 4 bridgehead atoms. The van der Waals surface area contributed by atoms with Gasteiger partial charge in [0.1, 0.15) is 0 Å². The average Bonchev–Trinajstić information content (AvgIpc) is 3.38. The molecule has 1 aromatic carbocycles. The quantitative estimate of drug-likeness (QED) is 0.881. The Morgan fingerprint density at radius 2 is 1.44 bits per heavy atom. The van der Waals surface area contributed by atoms with Gasteiger partial charge in [-0.05, 0) is 92.9 Å². The molecule has 4 nitrogen and oxygen atoms in total. The van der Waals surface area contributed by atoms with Gasteiger partial charge in [-0.1, -0.05) is 0 Å². The van der Waals surface area contributed by atoms with Gasteiger partial charge in [0.05, 0.1) is 0 Å². The monoisotopic (exact) mass is 338 g/mol. The van der Waals surface area contributed by atoms with Crippen molar-refractivity contribution in [2.45, 2.75) is 51.0 Å². The molecule has 132 valence electrons. The maximum absolute atomic E-state index is 12.9. The molecule has 5 aliphatic rings. The predicted molar refractivity (Wildman–Crippen MR) is 96.1 cm³/mol. The Hall–Kier alpha value is -1.84. The van der Waals surface area contributed by atoms with E-state index in [-0.39, 0.29) is 17.7 Å². The van der Waals surface area contributed by atoms with Crippen molar-refractivity contribution in [2.75, 3.05) is 5.32 Å². The topological polar surface area (TPSA) is 58.2 Å². The number of carbonyl (C=O) groups excluding carboxylic acids is 2. The summed E-state index contributed by atoms with van der Waals surface area (Å²) >= 11 is 0. The molecule has 0 aromatic heterocycles. The summed E-state index contributed by atoms with van der Waals surface area (Å²) in [6.45, 7) is 0. The number of anilines is 1. The molecule has 5 fully saturated rings. The number of benzene rings is 1. The summed E-state index contributed by atoms with van der Waals surface area (Å²) in [5.41, 5.74) is 1.47. The van der Waals surface area contributed by atoms with Crippen molar-refractivity contribution < 1.29 is 9.59 Å². The molecule has 1 aromatic rings. The van der Waals surface area contributed by atoms with Gasteiger partial charge in [0.15, 0.2) is 0 Å². The van der Waals surface area contributed by atoms with Gasteiger partial charge in [0.25, 0.3) is 5.91 Å². The zero-order valence-electron chi connectivity index (χ0n) is 14.5. The van der Waals surface area contributed by atoms with Crippen LogP contribution in [0.4, 0.5) is 5.69 Å². The summed E-state index contributed by atoms with van der Waals surface area (Å²) in [6, 6.07) is 7.70. The minimum Gasteiger partial charge on any atom is -0.349 e. The molecular weight excluding hydrogens is 312 g/mol. The first-order chi connectivity index (χ1) is 12.2. The minimum absolute atomic E-state index is 0.0126. The second kappa shape index (κ2) is 5.86. The average molecular weight is 338 g/mol. The van der Waals surface area contributed by atoms with Gasteiger partial charge in [0, 0.05) is 23.2 Å². The van der Waals surface area contributed by atoms with E-state index in [1.807, 2.05) is 24.3 Å². The van der Waals surface area contributed by atoms with Crippen molar-refractivity contribution in [2.24, 2.45) is 29.6 Å². The van der Waals surface area contributed by atoms with Crippen molar-refractivity contribution in [1.29, 1.82) is 0 Å². The highest BCUT2D eigenvalue weighted by molar-refractivity contribution is 5.96. The van der Waals surface area contributed by atoms with E-state index in [2.05, 4.69) is 10.6 Å². The van der Waals surface area contributed by atoms with Crippen LogP contribution in [0.2, 0.25) is 0 Å². The Morgan fingerprint density at radius 3 is 2.00 bits per heavy atom. The fourth-order valence-electron chi connectivity index (χ4n) is 5.78. The van der Waals surface area contributed by atoms with Gasteiger partial charge in [-0.3, -0.25) is 9.59 Å². The molecule has 2 N–H and O–H groups in total. The molecule has 0 aliphatic heterocycles. The van der Waals surface area contributed by atoms with Gasteiger partial charge in [-0.15, -0.1) is 0 Å². The normalized spacial score (nSPS) is 35.4. The van der Waals surface area contributed by atoms with Crippen LogP contribution in [0.5, 0.6) is 0 Å². The van der Waals surface area contributed by atoms with Gasteiger partial charge >= 0.3 is 0 Å². The smallest absolute Gasteiger partial charge is 0.251 e. The molecule has 4 heteroatoms. The van der Waals surface area contributed by atoms with E-state index < -0.39 is 0 Å². The maximum atomic E-state index is 12.9. The van der Waals surface area contributed by atoms with Crippen LogP contribution in [0.25, 0.3) is 0 Å². The molecule has 25 heavy (non-hydrogen) atoms. The first kappa shape index (κ1) is 15.4. The van der Waals surface area contributed by atoms with Crippen LogP contribution < -0.4 is 10.6 Å². The van der Waals surface area contributed by atoms with Crippen molar-refractivity contribution in [3.63, 3.8) is 0 Å². The molecular formula is C21H26N2O2. The van der Waals surface area contributed by atoms with E-state index in [1.54, 1.807) is 0 Å². The largest absolute Gasteiger partial charge is 0.349 e. The first-order valence-electron chi connectivity index (χ1n) is 9.87. The number of nitrogens with one attached hydrogen (secondary N) is 2. The molecule has 0 radical (unpaired) electrons. The molecule has 0 unspecified atom stereocenters. The van der Waals surface area contributed by atoms with E-state index in [1.165, 1.54) is 32.1 Å². The van der Waals surface area contributed by atoms with Gasteiger partial charge in [-0.2, -0.15) is 0 Å². The molecule has 2 amide bonds.